The summed E-state index contributed by atoms with van der Waals surface area (Å²) >= 11 is 5.87. The Morgan fingerprint density at radius 3 is 2.31 bits per heavy atom. The van der Waals surface area contributed by atoms with Gasteiger partial charge in [0.05, 0.1) is 11.4 Å². The van der Waals surface area contributed by atoms with Crippen LogP contribution in [0.2, 0.25) is 5.02 Å². The minimum Gasteiger partial charge on any atom is -0.484 e. The molecule has 4 rings (SSSR count). The second kappa shape index (κ2) is 9.24. The van der Waals surface area contributed by atoms with Crippen molar-refractivity contribution in [2.45, 2.75) is 19.4 Å². The number of anilines is 2. The Morgan fingerprint density at radius 2 is 1.62 bits per heavy atom. The first-order valence-corrected chi connectivity index (χ1v) is 10.5. The number of carbonyl (C=O) groups is 3. The SMILES string of the molecule is CC1CC(=O)Nc2ccccc2N1C(=O)COc1ccc(C(=O)c2ccc(Cl)cc2)cc1. The Kier molecular flexibility index (Phi) is 6.23. The van der Waals surface area contributed by atoms with Crippen molar-refractivity contribution < 1.29 is 19.1 Å². The fourth-order valence-electron chi connectivity index (χ4n) is 3.65. The van der Waals surface area contributed by atoms with Gasteiger partial charge in [0.1, 0.15) is 5.75 Å². The molecule has 0 radical (unpaired) electrons. The number of para-hydroxylation sites is 2. The first-order valence-electron chi connectivity index (χ1n) is 10.2. The monoisotopic (exact) mass is 448 g/mol. The fraction of sp³-hybridized carbons (Fsp3) is 0.160. The van der Waals surface area contributed by atoms with Crippen molar-refractivity contribution in [2.24, 2.45) is 0 Å². The average molecular weight is 449 g/mol. The number of carbonyl (C=O) groups excluding carboxylic acids is 3. The molecule has 1 heterocycles. The number of rotatable bonds is 5. The number of nitrogens with zero attached hydrogens (tertiary/aromatic N) is 1. The predicted molar refractivity (Wildman–Crippen MR) is 123 cm³/mol. The van der Waals surface area contributed by atoms with E-state index in [1.807, 2.05) is 13.0 Å². The van der Waals surface area contributed by atoms with Gasteiger partial charge < -0.3 is 15.0 Å². The van der Waals surface area contributed by atoms with E-state index in [-0.39, 0.29) is 36.7 Å². The maximum atomic E-state index is 13.0. The third-order valence-electron chi connectivity index (χ3n) is 5.21. The van der Waals surface area contributed by atoms with Gasteiger partial charge in [0.15, 0.2) is 12.4 Å². The van der Waals surface area contributed by atoms with Crippen molar-refractivity contribution >= 4 is 40.6 Å². The van der Waals surface area contributed by atoms with Crippen molar-refractivity contribution in [3.05, 3.63) is 88.9 Å². The molecule has 0 saturated heterocycles. The number of ether oxygens (including phenoxy) is 1. The standard InChI is InChI=1S/C25H21ClN2O4/c1-16-14-23(29)27-21-4-2-3-5-22(21)28(16)24(30)15-32-20-12-8-18(9-13-20)25(31)17-6-10-19(26)11-7-17/h2-13,16H,14-15H2,1H3,(H,27,29). The Balaban J connectivity index is 1.44. The first-order chi connectivity index (χ1) is 15.4. The highest BCUT2D eigenvalue weighted by Gasteiger charge is 2.29. The summed E-state index contributed by atoms with van der Waals surface area (Å²) in [5, 5.41) is 3.40. The zero-order valence-electron chi connectivity index (χ0n) is 17.4. The van der Waals surface area contributed by atoms with Gasteiger partial charge >= 0.3 is 0 Å². The summed E-state index contributed by atoms with van der Waals surface area (Å²) in [4.78, 5) is 39.2. The Hall–Kier alpha value is -3.64. The maximum absolute atomic E-state index is 13.0. The molecule has 0 aromatic heterocycles. The molecule has 3 aromatic carbocycles. The van der Waals surface area contributed by atoms with Crippen LogP contribution in [0.15, 0.2) is 72.8 Å². The smallest absolute Gasteiger partial charge is 0.265 e. The Labute approximate surface area is 190 Å². The van der Waals surface area contributed by atoms with E-state index in [4.69, 9.17) is 16.3 Å². The molecule has 1 N–H and O–H groups in total. The van der Waals surface area contributed by atoms with Crippen molar-refractivity contribution in [3.8, 4) is 5.75 Å². The van der Waals surface area contributed by atoms with Gasteiger partial charge in [0.25, 0.3) is 5.91 Å². The number of amides is 2. The van der Waals surface area contributed by atoms with Crippen LogP contribution in [0.1, 0.15) is 29.3 Å². The molecule has 32 heavy (non-hydrogen) atoms. The third kappa shape index (κ3) is 4.65. The minimum atomic E-state index is -0.311. The minimum absolute atomic E-state index is 0.128. The average Bonchev–Trinajstić information content (AvgIpc) is 2.92. The number of hydrogen-bond donors (Lipinski definition) is 1. The highest BCUT2D eigenvalue weighted by atomic mass is 35.5. The van der Waals surface area contributed by atoms with Crippen LogP contribution in [0.3, 0.4) is 0 Å². The van der Waals surface area contributed by atoms with Crippen LogP contribution in [-0.4, -0.2) is 30.2 Å². The summed E-state index contributed by atoms with van der Waals surface area (Å²) in [5.41, 5.74) is 2.28. The summed E-state index contributed by atoms with van der Waals surface area (Å²) < 4.78 is 5.68. The molecule has 1 aliphatic rings. The fourth-order valence-corrected chi connectivity index (χ4v) is 3.78. The van der Waals surface area contributed by atoms with Crippen molar-refractivity contribution in [1.29, 1.82) is 0 Å². The van der Waals surface area contributed by atoms with E-state index in [1.165, 1.54) is 0 Å². The normalized spacial score (nSPS) is 15.4. The number of benzene rings is 3. The van der Waals surface area contributed by atoms with Gasteiger partial charge in [-0.2, -0.15) is 0 Å². The molecule has 1 aliphatic heterocycles. The molecule has 0 aliphatic carbocycles. The highest BCUT2D eigenvalue weighted by molar-refractivity contribution is 6.30. The molecular weight excluding hydrogens is 428 g/mol. The summed E-state index contributed by atoms with van der Waals surface area (Å²) in [6.07, 6.45) is 0.196. The number of nitrogens with one attached hydrogen (secondary N) is 1. The maximum Gasteiger partial charge on any atom is 0.265 e. The molecule has 7 heteroatoms. The molecule has 0 fully saturated rings. The Morgan fingerprint density at radius 1 is 1.00 bits per heavy atom. The second-order valence-corrected chi connectivity index (χ2v) is 7.97. The van der Waals surface area contributed by atoms with Crippen LogP contribution in [-0.2, 0) is 9.59 Å². The van der Waals surface area contributed by atoms with E-state index < -0.39 is 0 Å². The van der Waals surface area contributed by atoms with Gasteiger partial charge in [-0.1, -0.05) is 23.7 Å². The van der Waals surface area contributed by atoms with E-state index in [0.717, 1.165) is 0 Å². The summed E-state index contributed by atoms with van der Waals surface area (Å²) in [6, 6.07) is 20.2. The van der Waals surface area contributed by atoms with Gasteiger partial charge in [-0.25, -0.2) is 0 Å². The van der Waals surface area contributed by atoms with E-state index >= 15 is 0 Å². The van der Waals surface area contributed by atoms with Crippen molar-refractivity contribution in [2.75, 3.05) is 16.8 Å². The zero-order chi connectivity index (χ0) is 22.7. The van der Waals surface area contributed by atoms with Crippen LogP contribution in [0.5, 0.6) is 5.75 Å². The lowest BCUT2D eigenvalue weighted by Crippen LogP contribution is -2.41. The van der Waals surface area contributed by atoms with Gasteiger partial charge in [-0.05, 0) is 67.6 Å². The van der Waals surface area contributed by atoms with Crippen LogP contribution in [0.25, 0.3) is 0 Å². The van der Waals surface area contributed by atoms with Crippen LogP contribution in [0.4, 0.5) is 11.4 Å². The summed E-state index contributed by atoms with van der Waals surface area (Å²) in [6.45, 7) is 1.63. The topological polar surface area (TPSA) is 75.7 Å². The molecule has 162 valence electrons. The molecule has 0 spiro atoms. The van der Waals surface area contributed by atoms with Crippen LogP contribution >= 0.6 is 11.6 Å². The molecule has 6 nitrogen and oxygen atoms in total. The third-order valence-corrected chi connectivity index (χ3v) is 5.47. The summed E-state index contributed by atoms with van der Waals surface area (Å²) in [7, 11) is 0. The van der Waals surface area contributed by atoms with Crippen molar-refractivity contribution in [3.63, 3.8) is 0 Å². The van der Waals surface area contributed by atoms with E-state index in [1.54, 1.807) is 71.6 Å². The van der Waals surface area contributed by atoms with Gasteiger partial charge in [0.2, 0.25) is 5.91 Å². The molecule has 0 saturated carbocycles. The predicted octanol–water partition coefficient (Wildman–Crippen LogP) is 4.71. The Bertz CT molecular complexity index is 1160. The number of fused-ring (bicyclic) bond motifs is 1. The molecule has 0 bridgehead atoms. The lowest BCUT2D eigenvalue weighted by atomic mass is 10.0. The first kappa shape index (κ1) is 21.6. The molecule has 3 aromatic rings. The number of halogens is 1. The van der Waals surface area contributed by atoms with E-state index in [9.17, 15) is 14.4 Å². The second-order valence-electron chi connectivity index (χ2n) is 7.53. The quantitative estimate of drug-likeness (QED) is 0.573. The van der Waals surface area contributed by atoms with Crippen molar-refractivity contribution in [1.82, 2.24) is 0 Å². The van der Waals surface area contributed by atoms with E-state index in [0.29, 0.717) is 33.3 Å². The number of hydrogen-bond acceptors (Lipinski definition) is 4. The summed E-state index contributed by atoms with van der Waals surface area (Å²) in [5.74, 6) is -0.0581. The van der Waals surface area contributed by atoms with Gasteiger partial charge in [0, 0.05) is 28.6 Å². The molecule has 1 atom stereocenters. The number of ketones is 1. The lowest BCUT2D eigenvalue weighted by Gasteiger charge is -2.27. The van der Waals surface area contributed by atoms with Crippen LogP contribution < -0.4 is 15.0 Å². The molecular formula is C25H21ClN2O4. The molecule has 2 amide bonds. The van der Waals surface area contributed by atoms with Gasteiger partial charge in [-0.3, -0.25) is 14.4 Å². The lowest BCUT2D eigenvalue weighted by molar-refractivity contribution is -0.121. The van der Waals surface area contributed by atoms with E-state index in [2.05, 4.69) is 5.32 Å². The molecule has 1 unspecified atom stereocenters. The highest BCUT2D eigenvalue weighted by Crippen LogP contribution is 2.31. The van der Waals surface area contributed by atoms with Gasteiger partial charge in [-0.15, -0.1) is 0 Å². The zero-order valence-corrected chi connectivity index (χ0v) is 18.1. The van der Waals surface area contributed by atoms with Crippen LogP contribution in [0, 0.1) is 0 Å². The largest absolute Gasteiger partial charge is 0.484 e.